The fraction of sp³-hybridized carbons (Fsp3) is 0.316. The summed E-state index contributed by atoms with van der Waals surface area (Å²) in [6, 6.07) is 5.70. The van der Waals surface area contributed by atoms with Gasteiger partial charge in [-0.1, -0.05) is 26.0 Å². The van der Waals surface area contributed by atoms with Crippen molar-refractivity contribution in [2.75, 3.05) is 0 Å². The Bertz CT molecular complexity index is 1080. The second-order valence-electron chi connectivity index (χ2n) is 6.59. The fourth-order valence-corrected chi connectivity index (χ4v) is 2.89. The molecule has 7 heteroatoms. The van der Waals surface area contributed by atoms with Crippen LogP contribution in [0.25, 0.3) is 16.9 Å². The van der Waals surface area contributed by atoms with Gasteiger partial charge in [0.15, 0.2) is 11.2 Å². The molecule has 2 aromatic heterocycles. The highest BCUT2D eigenvalue weighted by molar-refractivity contribution is 5.72. The molecule has 0 aliphatic rings. The summed E-state index contributed by atoms with van der Waals surface area (Å²) in [4.78, 5) is 30.2. The molecule has 0 saturated heterocycles. The first-order valence-corrected chi connectivity index (χ1v) is 8.51. The van der Waals surface area contributed by atoms with Crippen LogP contribution in [0.3, 0.4) is 0 Å². The third-order valence-electron chi connectivity index (χ3n) is 4.22. The van der Waals surface area contributed by atoms with Gasteiger partial charge >= 0.3 is 5.69 Å². The van der Waals surface area contributed by atoms with Crippen LogP contribution in [0.15, 0.2) is 52.8 Å². The summed E-state index contributed by atoms with van der Waals surface area (Å²) in [5.74, 6) is -0.134. The largest absolute Gasteiger partial charge is 0.337 e. The minimum atomic E-state index is -0.516. The zero-order valence-electron chi connectivity index (χ0n) is 14.9. The Kier molecular flexibility index (Phi) is 4.88. The quantitative estimate of drug-likeness (QED) is 0.638. The van der Waals surface area contributed by atoms with Crippen molar-refractivity contribution < 1.29 is 4.39 Å². The van der Waals surface area contributed by atoms with Crippen LogP contribution in [0, 0.1) is 11.7 Å². The number of hydrogen-bond donors (Lipinski definition) is 0. The van der Waals surface area contributed by atoms with Crippen LogP contribution >= 0.6 is 0 Å². The SMILES string of the molecule is C=CCn1cnc2c1c(=O)n(CCC(C)C)c(=O)n2-c1cccc(F)c1. The highest BCUT2D eigenvalue weighted by atomic mass is 19.1. The van der Waals surface area contributed by atoms with Crippen LogP contribution < -0.4 is 11.2 Å². The van der Waals surface area contributed by atoms with Crippen molar-refractivity contribution in [1.82, 2.24) is 18.7 Å². The van der Waals surface area contributed by atoms with Crippen molar-refractivity contribution in [2.24, 2.45) is 5.92 Å². The van der Waals surface area contributed by atoms with Gasteiger partial charge < -0.3 is 4.57 Å². The average Bonchev–Trinajstić information content (AvgIpc) is 2.98. The van der Waals surface area contributed by atoms with Crippen molar-refractivity contribution in [3.63, 3.8) is 0 Å². The summed E-state index contributed by atoms with van der Waals surface area (Å²) < 4.78 is 17.9. The maximum absolute atomic E-state index is 13.7. The number of hydrogen-bond acceptors (Lipinski definition) is 3. The van der Waals surface area contributed by atoms with Crippen LogP contribution in [0.4, 0.5) is 4.39 Å². The molecule has 1 aromatic carbocycles. The number of benzene rings is 1. The third-order valence-corrected chi connectivity index (χ3v) is 4.22. The van der Waals surface area contributed by atoms with Gasteiger partial charge in [-0.3, -0.25) is 9.36 Å². The van der Waals surface area contributed by atoms with Gasteiger partial charge in [0.2, 0.25) is 0 Å². The van der Waals surface area contributed by atoms with Crippen molar-refractivity contribution in [3.8, 4) is 5.69 Å². The van der Waals surface area contributed by atoms with E-state index in [9.17, 15) is 14.0 Å². The molecule has 2 heterocycles. The first-order chi connectivity index (χ1) is 12.4. The Morgan fingerprint density at radius 3 is 2.73 bits per heavy atom. The van der Waals surface area contributed by atoms with Crippen LogP contribution in [-0.4, -0.2) is 18.7 Å². The lowest BCUT2D eigenvalue weighted by molar-refractivity contribution is 0.491. The van der Waals surface area contributed by atoms with Crippen LogP contribution in [0.1, 0.15) is 20.3 Å². The molecule has 0 bridgehead atoms. The average molecular weight is 356 g/mol. The van der Waals surface area contributed by atoms with Crippen molar-refractivity contribution in [3.05, 3.63) is 69.9 Å². The zero-order chi connectivity index (χ0) is 18.8. The number of fused-ring (bicyclic) bond motifs is 1. The van der Waals surface area contributed by atoms with Gasteiger partial charge in [0.1, 0.15) is 5.82 Å². The maximum atomic E-state index is 13.7. The van der Waals surface area contributed by atoms with Crippen molar-refractivity contribution in [2.45, 2.75) is 33.4 Å². The molecule has 0 unspecified atom stereocenters. The molecule has 0 aliphatic heterocycles. The molecule has 0 aliphatic carbocycles. The Balaban J connectivity index is 2.37. The van der Waals surface area contributed by atoms with E-state index in [0.717, 1.165) is 0 Å². The Labute approximate surface area is 149 Å². The van der Waals surface area contributed by atoms with E-state index in [0.29, 0.717) is 36.6 Å². The van der Waals surface area contributed by atoms with Gasteiger partial charge in [-0.15, -0.1) is 6.58 Å². The van der Waals surface area contributed by atoms with Crippen molar-refractivity contribution >= 4 is 11.2 Å². The fourth-order valence-electron chi connectivity index (χ4n) is 2.89. The second kappa shape index (κ2) is 7.11. The van der Waals surface area contributed by atoms with Crippen LogP contribution in [-0.2, 0) is 13.1 Å². The van der Waals surface area contributed by atoms with Gasteiger partial charge in [-0.25, -0.2) is 18.7 Å². The number of aromatic nitrogens is 4. The second-order valence-corrected chi connectivity index (χ2v) is 6.59. The number of nitrogens with zero attached hydrogens (tertiary/aromatic N) is 4. The predicted octanol–water partition coefficient (Wildman–Crippen LogP) is 2.72. The van der Waals surface area contributed by atoms with E-state index in [1.165, 1.54) is 33.7 Å². The number of halogens is 1. The molecule has 0 amide bonds. The van der Waals surface area contributed by atoms with Gasteiger partial charge in [0, 0.05) is 13.1 Å². The van der Waals surface area contributed by atoms with E-state index in [1.54, 1.807) is 16.7 Å². The minimum absolute atomic E-state index is 0.216. The Morgan fingerprint density at radius 1 is 1.31 bits per heavy atom. The predicted molar refractivity (Wildman–Crippen MR) is 99.2 cm³/mol. The van der Waals surface area contributed by atoms with Crippen LogP contribution in [0.2, 0.25) is 0 Å². The van der Waals surface area contributed by atoms with Gasteiger partial charge in [-0.05, 0) is 30.5 Å². The molecule has 3 rings (SSSR count). The summed E-state index contributed by atoms with van der Waals surface area (Å²) >= 11 is 0. The highest BCUT2D eigenvalue weighted by Gasteiger charge is 2.19. The molecular formula is C19H21FN4O2. The third kappa shape index (κ3) is 3.12. The molecular weight excluding hydrogens is 335 g/mol. The van der Waals surface area contributed by atoms with E-state index in [-0.39, 0.29) is 5.65 Å². The molecule has 0 fully saturated rings. The van der Waals surface area contributed by atoms with E-state index in [1.807, 2.05) is 13.8 Å². The maximum Gasteiger partial charge on any atom is 0.337 e. The minimum Gasteiger partial charge on any atom is -0.321 e. The molecule has 0 spiro atoms. The molecule has 0 N–H and O–H groups in total. The summed E-state index contributed by atoms with van der Waals surface area (Å²) in [7, 11) is 0. The van der Waals surface area contributed by atoms with Crippen LogP contribution in [0.5, 0.6) is 0 Å². The summed E-state index contributed by atoms with van der Waals surface area (Å²) in [5.41, 5.74) is -0.0526. The van der Waals surface area contributed by atoms with E-state index < -0.39 is 17.1 Å². The smallest absolute Gasteiger partial charge is 0.321 e. The van der Waals surface area contributed by atoms with Gasteiger partial charge in [-0.2, -0.15) is 0 Å². The van der Waals surface area contributed by atoms with E-state index in [2.05, 4.69) is 11.6 Å². The molecule has 3 aromatic rings. The topological polar surface area (TPSA) is 61.8 Å². The Hall–Kier alpha value is -2.96. The Morgan fingerprint density at radius 2 is 2.08 bits per heavy atom. The number of allylic oxidation sites excluding steroid dienone is 1. The number of rotatable bonds is 6. The zero-order valence-corrected chi connectivity index (χ0v) is 14.9. The molecule has 0 radical (unpaired) electrons. The monoisotopic (exact) mass is 356 g/mol. The lowest BCUT2D eigenvalue weighted by Crippen LogP contribution is -2.40. The van der Waals surface area contributed by atoms with E-state index >= 15 is 0 Å². The van der Waals surface area contributed by atoms with Gasteiger partial charge in [0.05, 0.1) is 12.0 Å². The molecule has 136 valence electrons. The molecule has 26 heavy (non-hydrogen) atoms. The van der Waals surface area contributed by atoms with Gasteiger partial charge in [0.25, 0.3) is 5.56 Å². The first kappa shape index (κ1) is 17.8. The van der Waals surface area contributed by atoms with E-state index in [4.69, 9.17) is 0 Å². The molecule has 0 atom stereocenters. The lowest BCUT2D eigenvalue weighted by Gasteiger charge is -2.13. The lowest BCUT2D eigenvalue weighted by atomic mass is 10.1. The van der Waals surface area contributed by atoms with Crippen molar-refractivity contribution in [1.29, 1.82) is 0 Å². The molecule has 0 saturated carbocycles. The summed E-state index contributed by atoms with van der Waals surface area (Å²) in [6.45, 7) is 8.41. The normalized spacial score (nSPS) is 11.4. The standard InChI is InChI=1S/C19H21FN4O2/c1-4-9-22-12-21-17-16(22)18(25)23(10-8-13(2)3)19(26)24(17)15-7-5-6-14(20)11-15/h4-7,11-13H,1,8-10H2,2-3H3. The highest BCUT2D eigenvalue weighted by Crippen LogP contribution is 2.14. The summed E-state index contributed by atoms with van der Waals surface area (Å²) in [6.07, 6.45) is 3.83. The number of imidazole rings is 1. The summed E-state index contributed by atoms with van der Waals surface area (Å²) in [5, 5.41) is 0. The first-order valence-electron chi connectivity index (χ1n) is 8.51. The molecule has 6 nitrogen and oxygen atoms in total.